The molecule has 6 atom stereocenters. The summed E-state index contributed by atoms with van der Waals surface area (Å²) < 4.78 is 30.4. The second-order valence-electron chi connectivity index (χ2n) is 8.84. The summed E-state index contributed by atoms with van der Waals surface area (Å²) in [6.07, 6.45) is 5.05. The molecule has 2 saturated heterocycles. The monoisotopic (exact) mass is 418 g/mol. The lowest BCUT2D eigenvalue weighted by molar-refractivity contribution is -0.177. The lowest BCUT2D eigenvalue weighted by atomic mass is 10.00. The van der Waals surface area contributed by atoms with E-state index in [0.717, 1.165) is 38.5 Å². The number of hydrogen-bond donors (Lipinski definition) is 2. The molecule has 0 aromatic heterocycles. The first-order valence-corrected chi connectivity index (χ1v) is 11.3. The number of aliphatic hydroxyl groups excluding tert-OH is 2. The van der Waals surface area contributed by atoms with Crippen LogP contribution in [-0.4, -0.2) is 85.5 Å². The van der Waals surface area contributed by atoms with E-state index in [1.165, 1.54) is 0 Å². The van der Waals surface area contributed by atoms with Gasteiger partial charge in [0.25, 0.3) is 0 Å². The molecule has 0 radical (unpaired) electrons. The van der Waals surface area contributed by atoms with E-state index in [1.807, 2.05) is 0 Å². The van der Waals surface area contributed by atoms with Crippen molar-refractivity contribution in [2.24, 2.45) is 0 Å². The van der Waals surface area contributed by atoms with Crippen molar-refractivity contribution < 1.29 is 33.9 Å². The Hall–Kier alpha value is -0.280. The third-order valence-electron chi connectivity index (χ3n) is 6.23. The highest BCUT2D eigenvalue weighted by molar-refractivity contribution is 4.92. The zero-order valence-electron chi connectivity index (χ0n) is 18.7. The van der Waals surface area contributed by atoms with Gasteiger partial charge in [-0.3, -0.25) is 0 Å². The maximum atomic E-state index is 9.50. The van der Waals surface area contributed by atoms with Gasteiger partial charge in [-0.15, -0.1) is 0 Å². The zero-order valence-corrected chi connectivity index (χ0v) is 18.7. The van der Waals surface area contributed by atoms with Crippen molar-refractivity contribution in [3.8, 4) is 0 Å². The molecule has 0 aromatic rings. The van der Waals surface area contributed by atoms with Gasteiger partial charge in [-0.05, 0) is 52.4 Å². The third kappa shape index (κ3) is 7.42. The average molecular weight is 419 g/mol. The lowest BCUT2D eigenvalue weighted by Crippen LogP contribution is -2.46. The molecule has 2 aliphatic rings. The van der Waals surface area contributed by atoms with Crippen LogP contribution in [-0.2, 0) is 23.7 Å². The highest BCUT2D eigenvalue weighted by Crippen LogP contribution is 2.35. The molecule has 2 heterocycles. The Labute approximate surface area is 176 Å². The van der Waals surface area contributed by atoms with Crippen LogP contribution in [0.1, 0.15) is 66.2 Å². The van der Waals surface area contributed by atoms with Gasteiger partial charge in [0.1, 0.15) is 11.2 Å². The van der Waals surface area contributed by atoms with Gasteiger partial charge in [-0.25, -0.2) is 0 Å². The quantitative estimate of drug-likeness (QED) is 0.448. The van der Waals surface area contributed by atoms with Gasteiger partial charge < -0.3 is 33.9 Å². The van der Waals surface area contributed by atoms with Crippen molar-refractivity contribution >= 4 is 0 Å². The highest BCUT2D eigenvalue weighted by Gasteiger charge is 2.44. The van der Waals surface area contributed by atoms with Gasteiger partial charge in [0, 0.05) is 0 Å². The molecule has 0 aromatic carbocycles. The summed E-state index contributed by atoms with van der Waals surface area (Å²) >= 11 is 0. The predicted octanol–water partition coefficient (Wildman–Crippen LogP) is 2.45. The van der Waals surface area contributed by atoms with E-state index < -0.39 is 11.2 Å². The van der Waals surface area contributed by atoms with E-state index in [0.29, 0.717) is 26.4 Å². The summed E-state index contributed by atoms with van der Waals surface area (Å²) in [5, 5.41) is 19.0. The number of hydrogen-bond acceptors (Lipinski definition) is 7. The molecule has 2 fully saturated rings. The molecule has 0 saturated carbocycles. The largest absolute Gasteiger partial charge is 0.394 e. The summed E-state index contributed by atoms with van der Waals surface area (Å²) in [5.41, 5.74) is -1.07. The van der Waals surface area contributed by atoms with Crippen molar-refractivity contribution in [1.29, 1.82) is 0 Å². The van der Waals surface area contributed by atoms with E-state index in [1.54, 1.807) is 0 Å². The third-order valence-corrected chi connectivity index (χ3v) is 6.23. The Morgan fingerprint density at radius 2 is 1.21 bits per heavy atom. The first-order valence-electron chi connectivity index (χ1n) is 11.3. The zero-order chi connectivity index (χ0) is 21.3. The molecule has 7 nitrogen and oxygen atoms in total. The first kappa shape index (κ1) is 25.0. The predicted molar refractivity (Wildman–Crippen MR) is 110 cm³/mol. The Kier molecular flexibility index (Phi) is 10.3. The van der Waals surface area contributed by atoms with Crippen LogP contribution in [0.15, 0.2) is 0 Å². The molecule has 6 unspecified atom stereocenters. The standard InChI is InChI=1S/C22H42O7/c1-5-17(3)26-15-21(9-7-19(11-23)28-21)13-25-14-22(16-27-18(4)6-2)10-8-20(12-24)29-22/h17-20,23-24H,5-16H2,1-4H3. The minimum absolute atomic E-state index is 0.0130. The van der Waals surface area contributed by atoms with Crippen LogP contribution in [0, 0.1) is 0 Å². The van der Waals surface area contributed by atoms with Crippen molar-refractivity contribution in [3.05, 3.63) is 0 Å². The van der Waals surface area contributed by atoms with E-state index in [-0.39, 0.29) is 37.6 Å². The van der Waals surface area contributed by atoms with Crippen molar-refractivity contribution in [1.82, 2.24) is 0 Å². The highest BCUT2D eigenvalue weighted by atomic mass is 16.6. The van der Waals surface area contributed by atoms with Gasteiger partial charge in [0.2, 0.25) is 0 Å². The SMILES string of the molecule is CCC(C)OCC1(COCC2(COC(C)CC)CCC(CO)O2)CCC(CO)O1. The Bertz CT molecular complexity index is 422. The van der Waals surface area contributed by atoms with Gasteiger partial charge in [-0.2, -0.15) is 0 Å². The number of aliphatic hydroxyl groups is 2. The molecule has 2 aliphatic heterocycles. The smallest absolute Gasteiger partial charge is 0.115 e. The van der Waals surface area contributed by atoms with Crippen LogP contribution >= 0.6 is 0 Å². The van der Waals surface area contributed by atoms with Gasteiger partial charge in [-0.1, -0.05) is 13.8 Å². The van der Waals surface area contributed by atoms with Crippen LogP contribution in [0.3, 0.4) is 0 Å². The molecule has 0 bridgehead atoms. The maximum absolute atomic E-state index is 9.50. The molecule has 172 valence electrons. The number of rotatable bonds is 14. The van der Waals surface area contributed by atoms with Crippen molar-refractivity contribution in [2.45, 2.75) is 102 Å². The maximum Gasteiger partial charge on any atom is 0.115 e. The fraction of sp³-hybridized carbons (Fsp3) is 1.00. The van der Waals surface area contributed by atoms with Gasteiger partial charge in [0.05, 0.1) is 64.1 Å². The summed E-state index contributed by atoms with van der Waals surface area (Å²) in [6.45, 7) is 10.00. The van der Waals surface area contributed by atoms with Gasteiger partial charge >= 0.3 is 0 Å². The van der Waals surface area contributed by atoms with Gasteiger partial charge in [0.15, 0.2) is 0 Å². The second-order valence-corrected chi connectivity index (χ2v) is 8.84. The van der Waals surface area contributed by atoms with Crippen LogP contribution in [0.4, 0.5) is 0 Å². The van der Waals surface area contributed by atoms with E-state index in [4.69, 9.17) is 23.7 Å². The molecule has 0 amide bonds. The molecular formula is C22H42O7. The molecule has 2 rings (SSSR count). The van der Waals surface area contributed by atoms with Crippen LogP contribution in [0.25, 0.3) is 0 Å². The minimum Gasteiger partial charge on any atom is -0.394 e. The molecule has 0 aliphatic carbocycles. The molecular weight excluding hydrogens is 376 g/mol. The molecule has 2 N–H and O–H groups in total. The minimum atomic E-state index is -0.537. The van der Waals surface area contributed by atoms with E-state index in [9.17, 15) is 10.2 Å². The molecule has 0 spiro atoms. The fourth-order valence-electron chi connectivity index (χ4n) is 3.80. The molecule has 7 heteroatoms. The fourth-order valence-corrected chi connectivity index (χ4v) is 3.80. The van der Waals surface area contributed by atoms with Crippen LogP contribution in [0.2, 0.25) is 0 Å². The summed E-state index contributed by atoms with van der Waals surface area (Å²) in [5.74, 6) is 0. The number of ether oxygens (including phenoxy) is 5. The van der Waals surface area contributed by atoms with Crippen LogP contribution in [0.5, 0.6) is 0 Å². The summed E-state index contributed by atoms with van der Waals surface area (Å²) in [6, 6.07) is 0. The first-order chi connectivity index (χ1) is 13.9. The van der Waals surface area contributed by atoms with Crippen molar-refractivity contribution in [3.63, 3.8) is 0 Å². The Balaban J connectivity index is 1.95. The second kappa shape index (κ2) is 11.9. The molecule has 29 heavy (non-hydrogen) atoms. The topological polar surface area (TPSA) is 86.6 Å². The average Bonchev–Trinajstić information content (AvgIpc) is 3.35. The summed E-state index contributed by atoms with van der Waals surface area (Å²) in [4.78, 5) is 0. The van der Waals surface area contributed by atoms with E-state index in [2.05, 4.69) is 27.7 Å². The summed E-state index contributed by atoms with van der Waals surface area (Å²) in [7, 11) is 0. The lowest BCUT2D eigenvalue weighted by Gasteiger charge is -2.34. The van der Waals surface area contributed by atoms with E-state index >= 15 is 0 Å². The van der Waals surface area contributed by atoms with Crippen molar-refractivity contribution in [2.75, 3.05) is 39.6 Å². The normalized spacial score (nSPS) is 34.6. The van der Waals surface area contributed by atoms with Crippen LogP contribution < -0.4 is 0 Å². The Morgan fingerprint density at radius 1 is 0.793 bits per heavy atom. The Morgan fingerprint density at radius 3 is 1.52 bits per heavy atom.